The second kappa shape index (κ2) is 8.93. The van der Waals surface area contributed by atoms with E-state index in [1.165, 1.54) is 48.5 Å². The molecule has 0 bridgehead atoms. The Balaban J connectivity index is 1.54. The minimum atomic E-state index is -1.11. The number of amides is 2. The largest absolute Gasteiger partial charge is 0.478 e. The molecule has 2 heterocycles. The normalized spacial score (nSPS) is 14.8. The summed E-state index contributed by atoms with van der Waals surface area (Å²) in [6.07, 6.45) is 1.42. The number of carboxylic acids is 1. The number of carboxylic acid groups (broad SMARTS) is 1. The van der Waals surface area contributed by atoms with E-state index < -0.39 is 22.0 Å². The van der Waals surface area contributed by atoms with E-state index in [2.05, 4.69) is 0 Å². The van der Waals surface area contributed by atoms with Gasteiger partial charge in [-0.1, -0.05) is 23.7 Å². The number of thioether (sulfide) groups is 1. The highest BCUT2D eigenvalue weighted by Gasteiger charge is 2.35. The molecule has 0 aliphatic carbocycles. The van der Waals surface area contributed by atoms with E-state index in [1.54, 1.807) is 12.1 Å². The van der Waals surface area contributed by atoms with Crippen LogP contribution in [0.15, 0.2) is 63.9 Å². The van der Waals surface area contributed by atoms with Gasteiger partial charge in [-0.25, -0.2) is 4.79 Å². The molecule has 0 spiro atoms. The Morgan fingerprint density at radius 2 is 1.88 bits per heavy atom. The lowest BCUT2D eigenvalue weighted by Gasteiger charge is -2.12. The first-order valence-electron chi connectivity index (χ1n) is 9.34. The number of nitrogens with zero attached hydrogens (tertiary/aromatic N) is 2. The van der Waals surface area contributed by atoms with Crippen LogP contribution in [0.1, 0.15) is 21.7 Å². The van der Waals surface area contributed by atoms with Crippen LogP contribution in [0.25, 0.3) is 17.4 Å². The molecule has 1 fully saturated rings. The van der Waals surface area contributed by atoms with Gasteiger partial charge in [0.25, 0.3) is 16.8 Å². The first-order chi connectivity index (χ1) is 15.7. The summed E-state index contributed by atoms with van der Waals surface area (Å²) in [7, 11) is 0. The van der Waals surface area contributed by atoms with E-state index in [9.17, 15) is 29.6 Å². The first kappa shape index (κ1) is 22.3. The zero-order chi connectivity index (χ0) is 23.7. The highest BCUT2D eigenvalue weighted by molar-refractivity contribution is 8.18. The summed E-state index contributed by atoms with van der Waals surface area (Å²) in [5.74, 6) is -1.05. The molecule has 1 aliphatic heterocycles. The molecule has 4 rings (SSSR count). The lowest BCUT2D eigenvalue weighted by atomic mass is 10.1. The number of benzene rings is 2. The predicted octanol–water partition coefficient (Wildman–Crippen LogP) is 5.44. The molecule has 3 aromatic rings. The molecule has 0 radical (unpaired) electrons. The molecule has 11 heteroatoms. The van der Waals surface area contributed by atoms with Crippen LogP contribution in [0.4, 0.5) is 10.5 Å². The number of nitro benzene ring substituents is 1. The fourth-order valence-corrected chi connectivity index (χ4v) is 4.12. The van der Waals surface area contributed by atoms with Gasteiger partial charge in [-0.2, -0.15) is 0 Å². The van der Waals surface area contributed by atoms with Crippen molar-refractivity contribution in [1.29, 1.82) is 0 Å². The van der Waals surface area contributed by atoms with Crippen molar-refractivity contribution in [3.8, 4) is 11.3 Å². The number of hydrogen-bond acceptors (Lipinski definition) is 7. The number of imide groups is 1. The minimum Gasteiger partial charge on any atom is -0.478 e. The van der Waals surface area contributed by atoms with Crippen LogP contribution in [-0.4, -0.2) is 32.0 Å². The van der Waals surface area contributed by atoms with Crippen molar-refractivity contribution in [2.24, 2.45) is 0 Å². The third-order valence-electron chi connectivity index (χ3n) is 4.74. The smallest absolute Gasteiger partial charge is 0.335 e. The van der Waals surface area contributed by atoms with Crippen LogP contribution >= 0.6 is 23.4 Å². The van der Waals surface area contributed by atoms with Crippen molar-refractivity contribution in [3.63, 3.8) is 0 Å². The molecule has 1 aliphatic rings. The van der Waals surface area contributed by atoms with Crippen molar-refractivity contribution in [1.82, 2.24) is 4.90 Å². The van der Waals surface area contributed by atoms with Crippen molar-refractivity contribution in [2.75, 3.05) is 0 Å². The van der Waals surface area contributed by atoms with Gasteiger partial charge >= 0.3 is 5.97 Å². The Bertz CT molecular complexity index is 1330. The molecule has 0 unspecified atom stereocenters. The lowest BCUT2D eigenvalue weighted by molar-refractivity contribution is -0.384. The zero-order valence-corrected chi connectivity index (χ0v) is 18.1. The van der Waals surface area contributed by atoms with Crippen molar-refractivity contribution in [3.05, 3.63) is 91.5 Å². The number of furan rings is 1. The monoisotopic (exact) mass is 484 g/mol. The van der Waals surface area contributed by atoms with Gasteiger partial charge in [0.1, 0.15) is 11.5 Å². The number of halogens is 1. The molecule has 0 saturated carbocycles. The Labute approximate surface area is 195 Å². The van der Waals surface area contributed by atoms with Crippen LogP contribution in [0.2, 0.25) is 5.02 Å². The molecule has 1 aromatic heterocycles. The fourth-order valence-electron chi connectivity index (χ4n) is 3.09. The van der Waals surface area contributed by atoms with Crippen molar-refractivity contribution < 1.29 is 28.8 Å². The number of aromatic carboxylic acids is 1. The van der Waals surface area contributed by atoms with Crippen LogP contribution in [-0.2, 0) is 11.3 Å². The molecular formula is C22H13ClN2O7S. The number of nitro groups is 1. The summed E-state index contributed by atoms with van der Waals surface area (Å²) in [6.45, 7) is -0.0268. The van der Waals surface area contributed by atoms with Crippen LogP contribution in [0, 0.1) is 10.1 Å². The molecule has 2 amide bonds. The first-order valence-corrected chi connectivity index (χ1v) is 10.5. The van der Waals surface area contributed by atoms with E-state index in [1.807, 2.05) is 0 Å². The Hall–Kier alpha value is -3.89. The summed E-state index contributed by atoms with van der Waals surface area (Å²) >= 11 is 6.91. The van der Waals surface area contributed by atoms with Gasteiger partial charge in [0.2, 0.25) is 0 Å². The molecule has 1 saturated heterocycles. The standard InChI is InChI=1S/C22H13ClN2O7S/c23-17-7-3-13(21(27)28)9-16(17)18-8-6-15(32-18)10-19-20(26)24(22(29)33-19)11-12-1-4-14(5-2-12)25(30)31/h1-10H,11H2,(H,27,28)/b19-10-. The maximum absolute atomic E-state index is 12.7. The van der Waals surface area contributed by atoms with Gasteiger partial charge in [-0.3, -0.25) is 24.6 Å². The van der Waals surface area contributed by atoms with Gasteiger partial charge in [0.05, 0.1) is 27.0 Å². The van der Waals surface area contributed by atoms with E-state index in [0.29, 0.717) is 21.9 Å². The summed E-state index contributed by atoms with van der Waals surface area (Å²) in [6, 6.07) is 12.9. The highest BCUT2D eigenvalue weighted by atomic mass is 35.5. The topological polar surface area (TPSA) is 131 Å². The lowest BCUT2D eigenvalue weighted by Crippen LogP contribution is -2.27. The second-order valence-corrected chi connectivity index (χ2v) is 8.29. The number of carbonyl (C=O) groups is 3. The predicted molar refractivity (Wildman–Crippen MR) is 121 cm³/mol. The fraction of sp³-hybridized carbons (Fsp3) is 0.0455. The maximum atomic E-state index is 12.7. The highest BCUT2D eigenvalue weighted by Crippen LogP contribution is 2.35. The SMILES string of the molecule is O=C(O)c1ccc(Cl)c(-c2ccc(/C=C3\SC(=O)N(Cc4ccc([N+](=O)[O-])cc4)C3=O)o2)c1. The third kappa shape index (κ3) is 4.66. The average molecular weight is 485 g/mol. The van der Waals surface area contributed by atoms with Crippen LogP contribution < -0.4 is 0 Å². The Morgan fingerprint density at radius 3 is 2.55 bits per heavy atom. The Morgan fingerprint density at radius 1 is 1.15 bits per heavy atom. The van der Waals surface area contributed by atoms with E-state index >= 15 is 0 Å². The summed E-state index contributed by atoms with van der Waals surface area (Å²) in [5.41, 5.74) is 0.898. The number of rotatable bonds is 6. The van der Waals surface area contributed by atoms with Gasteiger partial charge in [0, 0.05) is 23.8 Å². The summed E-state index contributed by atoms with van der Waals surface area (Å²) in [4.78, 5) is 47.7. The molecular weight excluding hydrogens is 472 g/mol. The maximum Gasteiger partial charge on any atom is 0.335 e. The second-order valence-electron chi connectivity index (χ2n) is 6.89. The van der Waals surface area contributed by atoms with Gasteiger partial charge < -0.3 is 9.52 Å². The quantitative estimate of drug-likeness (QED) is 0.278. The molecule has 9 nitrogen and oxygen atoms in total. The van der Waals surface area contributed by atoms with Crippen molar-refractivity contribution in [2.45, 2.75) is 6.54 Å². The zero-order valence-electron chi connectivity index (χ0n) is 16.6. The number of hydrogen-bond donors (Lipinski definition) is 1. The van der Waals surface area contributed by atoms with Crippen molar-refractivity contribution >= 4 is 52.2 Å². The van der Waals surface area contributed by atoms with Crippen LogP contribution in [0.5, 0.6) is 0 Å². The van der Waals surface area contributed by atoms with Crippen LogP contribution in [0.3, 0.4) is 0 Å². The van der Waals surface area contributed by atoms with E-state index in [0.717, 1.165) is 16.7 Å². The third-order valence-corrected chi connectivity index (χ3v) is 5.98. The van der Waals surface area contributed by atoms with Gasteiger partial charge in [-0.05, 0) is 47.7 Å². The number of carbonyl (C=O) groups excluding carboxylic acids is 2. The summed E-state index contributed by atoms with van der Waals surface area (Å²) < 4.78 is 5.71. The number of non-ortho nitro benzene ring substituents is 1. The van der Waals surface area contributed by atoms with Gasteiger partial charge in [0.15, 0.2) is 0 Å². The molecule has 166 valence electrons. The molecule has 33 heavy (non-hydrogen) atoms. The van der Waals surface area contributed by atoms with E-state index in [4.69, 9.17) is 16.0 Å². The van der Waals surface area contributed by atoms with Gasteiger partial charge in [-0.15, -0.1) is 0 Å². The minimum absolute atomic E-state index is 0.0268. The average Bonchev–Trinajstić information content (AvgIpc) is 3.34. The molecule has 1 N–H and O–H groups in total. The molecule has 0 atom stereocenters. The van der Waals surface area contributed by atoms with E-state index in [-0.39, 0.29) is 28.5 Å². The summed E-state index contributed by atoms with van der Waals surface area (Å²) in [5, 5.41) is 19.8. The Kier molecular flexibility index (Phi) is 6.03. The molecule has 2 aromatic carbocycles.